The summed E-state index contributed by atoms with van der Waals surface area (Å²) in [6, 6.07) is 15.3. The predicted octanol–water partition coefficient (Wildman–Crippen LogP) is 4.80. The molecule has 0 heterocycles. The third kappa shape index (κ3) is 6.98. The second kappa shape index (κ2) is 14.9. The molecule has 4 rings (SSSR count). The molecular weight excluding hydrogens is 430 g/mol. The number of methoxy groups -OCH3 is 1. The maximum atomic E-state index is 7.50. The standard InChI is InChI=1S/C22H27NO.3CO.Cr/c1-22(23-15-16-7-4-3-5-8-16)12-11-17-9-6-10-18-13-19(24-2)14-20(22)21(17)18;3*1-2;/h3-5,7-8,13-14,17,23H,6,9-12,15H2,1-2H3;;;;/t17-,22-;;;;/m0..../s1. The van der Waals surface area contributed by atoms with Gasteiger partial charge in [0.25, 0.3) is 0 Å². The van der Waals surface area contributed by atoms with E-state index in [1.165, 1.54) is 48.8 Å². The summed E-state index contributed by atoms with van der Waals surface area (Å²) >= 11 is 0. The molecule has 0 fully saturated rings. The van der Waals surface area contributed by atoms with Gasteiger partial charge in [-0.05, 0) is 79.3 Å². The Morgan fingerprint density at radius 1 is 1.03 bits per heavy atom. The average Bonchev–Trinajstić information content (AvgIpc) is 2.84. The van der Waals surface area contributed by atoms with Crippen LogP contribution in [0.4, 0.5) is 0 Å². The first-order valence-electron chi connectivity index (χ1n) is 9.81. The maximum absolute atomic E-state index is 7.50. The van der Waals surface area contributed by atoms with E-state index in [-0.39, 0.29) is 22.9 Å². The number of hydrogen-bond donors (Lipinski definition) is 1. The normalized spacial score (nSPS) is 19.7. The van der Waals surface area contributed by atoms with Crippen molar-refractivity contribution in [2.75, 3.05) is 7.11 Å². The molecule has 2 aliphatic rings. The number of benzene rings is 2. The Kier molecular flexibility index (Phi) is 13.9. The summed E-state index contributed by atoms with van der Waals surface area (Å²) in [7, 11) is 1.78. The molecule has 0 amide bonds. The van der Waals surface area contributed by atoms with Crippen molar-refractivity contribution >= 4 is 0 Å². The van der Waals surface area contributed by atoms with E-state index in [1.54, 1.807) is 12.7 Å². The molecule has 2 aliphatic carbocycles. The summed E-state index contributed by atoms with van der Waals surface area (Å²) in [5.74, 6) is 1.76. The van der Waals surface area contributed by atoms with Crippen molar-refractivity contribution in [3.05, 3.63) is 84.7 Å². The number of rotatable bonds is 4. The average molecular weight is 457 g/mol. The zero-order chi connectivity index (χ0) is 22.6. The van der Waals surface area contributed by atoms with Gasteiger partial charge in [0.2, 0.25) is 0 Å². The molecule has 1 N–H and O–H groups in total. The van der Waals surface area contributed by atoms with Crippen LogP contribution >= 0.6 is 0 Å². The van der Waals surface area contributed by atoms with Crippen molar-refractivity contribution in [2.24, 2.45) is 0 Å². The van der Waals surface area contributed by atoms with E-state index in [0.29, 0.717) is 0 Å². The molecule has 0 aliphatic heterocycles. The fourth-order valence-electron chi connectivity index (χ4n) is 4.59. The molecule has 2 aromatic carbocycles. The minimum Gasteiger partial charge on any atom is 0 e. The molecule has 5 nitrogen and oxygen atoms in total. The Hall–Kier alpha value is -2.05. The second-order valence-corrected chi connectivity index (χ2v) is 7.55. The van der Waals surface area contributed by atoms with Crippen molar-refractivity contribution < 1.29 is 36.1 Å². The van der Waals surface area contributed by atoms with E-state index >= 15 is 0 Å². The van der Waals surface area contributed by atoms with Gasteiger partial charge >= 0.3 is 33.9 Å². The first-order valence-corrected chi connectivity index (χ1v) is 9.81. The monoisotopic (exact) mass is 457 g/mol. The van der Waals surface area contributed by atoms with Crippen molar-refractivity contribution in [1.29, 1.82) is 0 Å². The molecule has 6 heteroatoms. The van der Waals surface area contributed by atoms with Crippen LogP contribution in [-0.4, -0.2) is 7.11 Å². The van der Waals surface area contributed by atoms with Crippen LogP contribution < -0.4 is 10.1 Å². The third-order valence-corrected chi connectivity index (χ3v) is 5.99. The number of aryl methyl sites for hydroxylation is 1. The van der Waals surface area contributed by atoms with E-state index in [1.807, 2.05) is 0 Å². The summed E-state index contributed by atoms with van der Waals surface area (Å²) in [5.41, 5.74) is 5.99. The first kappa shape index (κ1) is 29.0. The van der Waals surface area contributed by atoms with Crippen LogP contribution in [0.15, 0.2) is 42.5 Å². The fourth-order valence-corrected chi connectivity index (χ4v) is 4.59. The van der Waals surface area contributed by atoms with Gasteiger partial charge in [-0.15, -0.1) is 0 Å². The van der Waals surface area contributed by atoms with Crippen LogP contribution in [0.1, 0.15) is 60.8 Å². The van der Waals surface area contributed by atoms with Gasteiger partial charge in [0, 0.05) is 29.4 Å². The Balaban J connectivity index is 0.00000119. The van der Waals surface area contributed by atoms with Gasteiger partial charge in [0.15, 0.2) is 0 Å². The van der Waals surface area contributed by atoms with Crippen LogP contribution in [0.25, 0.3) is 0 Å². The molecule has 2 aromatic rings. The molecule has 0 saturated heterocycles. The topological polar surface area (TPSA) is 81.0 Å². The molecule has 31 heavy (non-hydrogen) atoms. The summed E-state index contributed by atoms with van der Waals surface area (Å²) < 4.78 is 28.1. The summed E-state index contributed by atoms with van der Waals surface area (Å²) in [6.45, 7) is 16.8. The largest absolute Gasteiger partial charge is 0 e. The zero-order valence-electron chi connectivity index (χ0n) is 17.9. The van der Waals surface area contributed by atoms with Crippen LogP contribution in [-0.2, 0) is 49.8 Å². The van der Waals surface area contributed by atoms with Gasteiger partial charge < -0.3 is 10.1 Å². The van der Waals surface area contributed by atoms with Gasteiger partial charge in [-0.3, -0.25) is 0 Å². The van der Waals surface area contributed by atoms with Crippen molar-refractivity contribution in [1.82, 2.24) is 5.32 Å². The van der Waals surface area contributed by atoms with Gasteiger partial charge in [0.1, 0.15) is 5.75 Å². The Morgan fingerprint density at radius 3 is 2.29 bits per heavy atom. The maximum Gasteiger partial charge on any atom is 0 e. The fraction of sp³-hybridized carbons (Fsp3) is 0.400. The molecule has 0 aromatic heterocycles. The van der Waals surface area contributed by atoms with E-state index in [4.69, 9.17) is 18.7 Å². The Bertz CT molecular complexity index is 849. The van der Waals surface area contributed by atoms with E-state index < -0.39 is 0 Å². The number of hydrogen-bond acceptors (Lipinski definition) is 2. The Labute approximate surface area is 195 Å². The molecule has 0 bridgehead atoms. The van der Waals surface area contributed by atoms with Crippen molar-refractivity contribution in [3.8, 4) is 5.75 Å². The SMILES string of the molecule is COc1cc2c3c(c1)[C@@](C)(NCc1ccccc1)CC[C@@H]3CCC2.[C-]#[O+].[C-]#[O+].[C-]#[O+].[Cr]. The number of ether oxygens (including phenoxy) is 1. The van der Waals surface area contributed by atoms with E-state index in [0.717, 1.165) is 18.2 Å². The van der Waals surface area contributed by atoms with Crippen molar-refractivity contribution in [3.63, 3.8) is 0 Å². The first-order chi connectivity index (χ1) is 14.7. The number of nitrogens with one attached hydrogen (secondary N) is 1. The predicted molar refractivity (Wildman–Crippen MR) is 110 cm³/mol. The van der Waals surface area contributed by atoms with Gasteiger partial charge in [-0.1, -0.05) is 30.3 Å². The Morgan fingerprint density at radius 2 is 1.68 bits per heavy atom. The molecule has 2 atom stereocenters. The van der Waals surface area contributed by atoms with Crippen LogP contribution in [0, 0.1) is 20.0 Å². The van der Waals surface area contributed by atoms with Gasteiger partial charge in [-0.25, -0.2) is 0 Å². The molecule has 162 valence electrons. The summed E-state index contributed by atoms with van der Waals surface area (Å²) in [4.78, 5) is 0. The quantitative estimate of drug-likeness (QED) is 0.529. The third-order valence-electron chi connectivity index (χ3n) is 5.99. The smallest absolute Gasteiger partial charge is 0 e. The van der Waals surface area contributed by atoms with E-state index in [2.05, 4.69) is 74.7 Å². The van der Waals surface area contributed by atoms with Crippen LogP contribution in [0.5, 0.6) is 5.75 Å². The molecule has 0 unspecified atom stereocenters. The minimum atomic E-state index is 0. The zero-order valence-corrected chi connectivity index (χ0v) is 19.2. The molecular formula is C25H27CrNO4. The van der Waals surface area contributed by atoms with Crippen molar-refractivity contribution in [2.45, 2.75) is 57.0 Å². The van der Waals surface area contributed by atoms with Crippen LogP contribution in [0.2, 0.25) is 0 Å². The van der Waals surface area contributed by atoms with Gasteiger partial charge in [-0.2, -0.15) is 0 Å². The summed E-state index contributed by atoms with van der Waals surface area (Å²) in [5, 5.41) is 3.86. The summed E-state index contributed by atoms with van der Waals surface area (Å²) in [6.07, 6.45) is 6.36. The van der Waals surface area contributed by atoms with Gasteiger partial charge in [0.05, 0.1) is 7.11 Å². The molecule has 0 radical (unpaired) electrons. The van der Waals surface area contributed by atoms with E-state index in [9.17, 15) is 0 Å². The van der Waals surface area contributed by atoms with Crippen LogP contribution in [0.3, 0.4) is 0 Å². The second-order valence-electron chi connectivity index (χ2n) is 7.55. The molecule has 0 saturated carbocycles. The minimum absolute atomic E-state index is 0. The molecule has 0 spiro atoms.